The first kappa shape index (κ1) is 15.9. The molecule has 1 aliphatic heterocycles. The number of methoxy groups -OCH3 is 1. The summed E-state index contributed by atoms with van der Waals surface area (Å²) in [6.07, 6.45) is 2.28. The standard InChI is InChI=1S/C20H19N5O2/c1-27-13-8-9-17-16(10-13)22-18(26)11-25(17)19-14-4-2-3-5-15(14)23-20(24-19)21-12-6-7-12/h2-5,8-10,12H,6-7,11H2,1H3,(H,22,26)(H,21,23,24). The average Bonchev–Trinajstić information content (AvgIpc) is 3.50. The predicted molar refractivity (Wildman–Crippen MR) is 105 cm³/mol. The Kier molecular flexibility index (Phi) is 3.60. The van der Waals surface area contributed by atoms with E-state index in [0.717, 1.165) is 35.2 Å². The predicted octanol–water partition coefficient (Wildman–Crippen LogP) is 3.30. The normalized spacial score (nSPS) is 16.0. The number of anilines is 4. The monoisotopic (exact) mass is 361 g/mol. The van der Waals surface area contributed by atoms with Crippen LogP contribution in [0.3, 0.4) is 0 Å². The first-order chi connectivity index (χ1) is 13.2. The summed E-state index contributed by atoms with van der Waals surface area (Å²) >= 11 is 0. The quantitative estimate of drug-likeness (QED) is 0.742. The fourth-order valence-corrected chi connectivity index (χ4v) is 3.33. The van der Waals surface area contributed by atoms with Gasteiger partial charge in [0.2, 0.25) is 11.9 Å². The first-order valence-corrected chi connectivity index (χ1v) is 9.00. The van der Waals surface area contributed by atoms with Gasteiger partial charge in [0.15, 0.2) is 0 Å². The molecule has 27 heavy (non-hydrogen) atoms. The van der Waals surface area contributed by atoms with E-state index in [1.54, 1.807) is 7.11 Å². The van der Waals surface area contributed by atoms with Crippen LogP contribution in [-0.2, 0) is 4.79 Å². The van der Waals surface area contributed by atoms with Crippen LogP contribution in [0.2, 0.25) is 0 Å². The molecule has 0 bridgehead atoms. The van der Waals surface area contributed by atoms with Crippen molar-refractivity contribution in [3.8, 4) is 5.75 Å². The summed E-state index contributed by atoms with van der Waals surface area (Å²) in [5, 5.41) is 7.20. The molecule has 0 unspecified atom stereocenters. The highest BCUT2D eigenvalue weighted by atomic mass is 16.5. The average molecular weight is 361 g/mol. The molecule has 1 fully saturated rings. The molecule has 1 amide bonds. The second-order valence-corrected chi connectivity index (χ2v) is 6.82. The van der Waals surface area contributed by atoms with Gasteiger partial charge in [-0.25, -0.2) is 4.98 Å². The van der Waals surface area contributed by atoms with Gasteiger partial charge < -0.3 is 20.3 Å². The Morgan fingerprint density at radius 2 is 2.04 bits per heavy atom. The van der Waals surface area contributed by atoms with Crippen molar-refractivity contribution in [2.45, 2.75) is 18.9 Å². The molecule has 2 N–H and O–H groups in total. The lowest BCUT2D eigenvalue weighted by Gasteiger charge is -2.31. The molecule has 0 saturated heterocycles. The van der Waals surface area contributed by atoms with Crippen molar-refractivity contribution >= 4 is 40.0 Å². The van der Waals surface area contributed by atoms with E-state index in [-0.39, 0.29) is 12.5 Å². The highest BCUT2D eigenvalue weighted by Gasteiger charge is 2.28. The molecule has 0 radical (unpaired) electrons. The Bertz CT molecular complexity index is 1050. The molecule has 7 nitrogen and oxygen atoms in total. The van der Waals surface area contributed by atoms with Gasteiger partial charge in [-0.05, 0) is 37.1 Å². The number of ether oxygens (including phenoxy) is 1. The maximum absolute atomic E-state index is 12.4. The van der Waals surface area contributed by atoms with Crippen molar-refractivity contribution < 1.29 is 9.53 Å². The van der Waals surface area contributed by atoms with Crippen molar-refractivity contribution in [2.75, 3.05) is 29.2 Å². The smallest absolute Gasteiger partial charge is 0.244 e. The number of amides is 1. The van der Waals surface area contributed by atoms with Crippen LogP contribution in [-0.4, -0.2) is 35.6 Å². The maximum atomic E-state index is 12.4. The minimum atomic E-state index is -0.0878. The molecule has 2 aliphatic rings. The van der Waals surface area contributed by atoms with Crippen molar-refractivity contribution in [2.24, 2.45) is 0 Å². The number of rotatable bonds is 4. The molecular weight excluding hydrogens is 342 g/mol. The summed E-state index contributed by atoms with van der Waals surface area (Å²) in [7, 11) is 1.61. The fraction of sp³-hybridized carbons (Fsp3) is 0.250. The highest BCUT2D eigenvalue weighted by molar-refractivity contribution is 6.05. The Balaban J connectivity index is 1.67. The van der Waals surface area contributed by atoms with E-state index in [4.69, 9.17) is 9.72 Å². The number of nitrogens with one attached hydrogen (secondary N) is 2. The van der Waals surface area contributed by atoms with E-state index in [0.29, 0.717) is 23.4 Å². The van der Waals surface area contributed by atoms with Crippen molar-refractivity contribution in [1.82, 2.24) is 9.97 Å². The molecule has 2 aromatic carbocycles. The zero-order chi connectivity index (χ0) is 18.4. The lowest BCUT2D eigenvalue weighted by molar-refractivity contribution is -0.115. The lowest BCUT2D eigenvalue weighted by atomic mass is 10.1. The number of hydrogen-bond acceptors (Lipinski definition) is 6. The van der Waals surface area contributed by atoms with Crippen LogP contribution in [0.25, 0.3) is 10.9 Å². The molecule has 3 aromatic rings. The number of fused-ring (bicyclic) bond motifs is 2. The summed E-state index contributed by atoms with van der Waals surface area (Å²) < 4.78 is 5.29. The summed E-state index contributed by atoms with van der Waals surface area (Å²) in [6, 6.07) is 14.0. The van der Waals surface area contributed by atoms with E-state index < -0.39 is 0 Å². The molecule has 1 saturated carbocycles. The van der Waals surface area contributed by atoms with E-state index in [1.165, 1.54) is 0 Å². The van der Waals surface area contributed by atoms with Gasteiger partial charge in [-0.3, -0.25) is 4.79 Å². The number of aromatic nitrogens is 2. The summed E-state index contributed by atoms with van der Waals surface area (Å²) in [4.78, 5) is 23.7. The Hall–Kier alpha value is -3.35. The van der Waals surface area contributed by atoms with Crippen molar-refractivity contribution in [3.05, 3.63) is 42.5 Å². The third-order valence-electron chi connectivity index (χ3n) is 4.82. The number of carbonyl (C=O) groups excluding carboxylic acids is 1. The van der Waals surface area contributed by atoms with Gasteiger partial charge in [0, 0.05) is 17.5 Å². The second kappa shape index (κ2) is 6.12. The molecule has 0 atom stereocenters. The maximum Gasteiger partial charge on any atom is 0.244 e. The number of hydrogen-bond donors (Lipinski definition) is 2. The van der Waals surface area contributed by atoms with Gasteiger partial charge in [0.05, 0.1) is 24.0 Å². The minimum absolute atomic E-state index is 0.0878. The van der Waals surface area contributed by atoms with E-state index in [1.807, 2.05) is 47.4 Å². The van der Waals surface area contributed by atoms with Gasteiger partial charge in [-0.2, -0.15) is 4.98 Å². The SMILES string of the molecule is COc1ccc2c(c1)NC(=O)CN2c1nc(NC2CC2)nc2ccccc12. The molecule has 2 heterocycles. The van der Waals surface area contributed by atoms with Crippen LogP contribution in [0, 0.1) is 0 Å². The van der Waals surface area contributed by atoms with E-state index in [2.05, 4.69) is 15.6 Å². The third-order valence-corrected chi connectivity index (χ3v) is 4.82. The van der Waals surface area contributed by atoms with Crippen molar-refractivity contribution in [1.29, 1.82) is 0 Å². The Morgan fingerprint density at radius 3 is 2.85 bits per heavy atom. The molecule has 5 rings (SSSR count). The van der Waals surface area contributed by atoms with Gasteiger partial charge in [0.25, 0.3) is 0 Å². The molecule has 7 heteroatoms. The first-order valence-electron chi connectivity index (χ1n) is 9.00. The van der Waals surface area contributed by atoms with Crippen LogP contribution >= 0.6 is 0 Å². The highest BCUT2D eigenvalue weighted by Crippen LogP contribution is 2.39. The minimum Gasteiger partial charge on any atom is -0.497 e. The van der Waals surface area contributed by atoms with Gasteiger partial charge >= 0.3 is 0 Å². The summed E-state index contributed by atoms with van der Waals surface area (Å²) in [5.74, 6) is 1.94. The van der Waals surface area contributed by atoms with Crippen molar-refractivity contribution in [3.63, 3.8) is 0 Å². The molecule has 136 valence electrons. The van der Waals surface area contributed by atoms with Gasteiger partial charge in [0.1, 0.15) is 18.1 Å². The molecular formula is C20H19N5O2. The fourth-order valence-electron chi connectivity index (χ4n) is 3.33. The number of para-hydroxylation sites is 1. The summed E-state index contributed by atoms with van der Waals surface area (Å²) in [6.45, 7) is 0.198. The van der Waals surface area contributed by atoms with Gasteiger partial charge in [-0.1, -0.05) is 12.1 Å². The second-order valence-electron chi connectivity index (χ2n) is 6.82. The molecule has 1 aromatic heterocycles. The van der Waals surface area contributed by atoms with Gasteiger partial charge in [-0.15, -0.1) is 0 Å². The number of benzene rings is 2. The van der Waals surface area contributed by atoms with E-state index >= 15 is 0 Å². The third kappa shape index (κ3) is 2.91. The van der Waals surface area contributed by atoms with Crippen LogP contribution in [0.4, 0.5) is 23.1 Å². The topological polar surface area (TPSA) is 79.4 Å². The molecule has 0 spiro atoms. The van der Waals surface area contributed by atoms with Crippen LogP contribution in [0.5, 0.6) is 5.75 Å². The Labute approximate surface area is 156 Å². The van der Waals surface area contributed by atoms with Crippen LogP contribution in [0.15, 0.2) is 42.5 Å². The van der Waals surface area contributed by atoms with E-state index in [9.17, 15) is 4.79 Å². The van der Waals surface area contributed by atoms with Crippen LogP contribution < -0.4 is 20.3 Å². The number of carbonyl (C=O) groups is 1. The Morgan fingerprint density at radius 1 is 1.19 bits per heavy atom. The summed E-state index contributed by atoms with van der Waals surface area (Å²) in [5.41, 5.74) is 2.45. The van der Waals surface area contributed by atoms with Crippen LogP contribution in [0.1, 0.15) is 12.8 Å². The zero-order valence-corrected chi connectivity index (χ0v) is 14.9. The largest absolute Gasteiger partial charge is 0.497 e. The molecule has 1 aliphatic carbocycles. The zero-order valence-electron chi connectivity index (χ0n) is 14.9. The lowest BCUT2D eigenvalue weighted by Crippen LogP contribution is -2.35. The number of nitrogens with zero attached hydrogens (tertiary/aromatic N) is 3.